The Kier molecular flexibility index (Phi) is 6.34. The van der Waals surface area contributed by atoms with E-state index in [2.05, 4.69) is 22.5 Å². The molecule has 0 saturated carbocycles. The minimum Gasteiger partial charge on any atom is -0.383 e. The summed E-state index contributed by atoms with van der Waals surface area (Å²) in [6.07, 6.45) is 1.07. The van der Waals surface area contributed by atoms with Crippen LogP contribution in [0, 0.1) is 12.8 Å². The first-order chi connectivity index (χ1) is 10.6. The van der Waals surface area contributed by atoms with Crippen molar-refractivity contribution in [2.75, 3.05) is 44.8 Å². The molecule has 0 aromatic heterocycles. The normalized spacial score (nSPS) is 17.6. The average molecular weight is 326 g/mol. The third-order valence-corrected chi connectivity index (χ3v) is 4.18. The van der Waals surface area contributed by atoms with Gasteiger partial charge in [-0.05, 0) is 37.0 Å². The summed E-state index contributed by atoms with van der Waals surface area (Å²) in [6.45, 7) is 5.78. The van der Waals surface area contributed by atoms with Crippen LogP contribution in [0.3, 0.4) is 0 Å². The molecule has 0 spiro atoms. The Balaban J connectivity index is 1.78. The molecule has 2 rings (SSSR count). The number of methoxy groups -OCH3 is 1. The summed E-state index contributed by atoms with van der Waals surface area (Å²) in [6, 6.07) is 5.85. The van der Waals surface area contributed by atoms with Crippen molar-refractivity contribution in [3.8, 4) is 0 Å². The Morgan fingerprint density at radius 1 is 1.45 bits per heavy atom. The van der Waals surface area contributed by atoms with Crippen LogP contribution < -0.4 is 15.5 Å². The molecule has 1 aromatic carbocycles. The Hall–Kier alpha value is -1.46. The van der Waals surface area contributed by atoms with E-state index in [1.807, 2.05) is 18.2 Å². The van der Waals surface area contributed by atoms with Crippen molar-refractivity contribution in [3.63, 3.8) is 0 Å². The molecule has 0 aliphatic carbocycles. The predicted molar refractivity (Wildman–Crippen MR) is 89.8 cm³/mol. The van der Waals surface area contributed by atoms with Crippen LogP contribution >= 0.6 is 11.6 Å². The van der Waals surface area contributed by atoms with Crippen molar-refractivity contribution in [1.82, 2.24) is 10.6 Å². The molecule has 2 amide bonds. The molecule has 6 heteroatoms. The minimum absolute atomic E-state index is 0.130. The number of carbonyl (C=O) groups is 1. The molecule has 1 atom stereocenters. The second-order valence-corrected chi connectivity index (χ2v) is 6.10. The van der Waals surface area contributed by atoms with E-state index in [1.54, 1.807) is 7.11 Å². The van der Waals surface area contributed by atoms with Crippen LogP contribution in [0.5, 0.6) is 0 Å². The minimum atomic E-state index is -0.130. The highest BCUT2D eigenvalue weighted by Crippen LogP contribution is 2.29. The summed E-state index contributed by atoms with van der Waals surface area (Å²) in [4.78, 5) is 14.0. The van der Waals surface area contributed by atoms with Gasteiger partial charge in [0.05, 0.1) is 6.61 Å². The topological polar surface area (TPSA) is 53.6 Å². The van der Waals surface area contributed by atoms with Crippen molar-refractivity contribution in [2.24, 2.45) is 5.92 Å². The fraction of sp³-hybridized carbons (Fsp3) is 0.562. The number of rotatable bonds is 6. The van der Waals surface area contributed by atoms with Crippen LogP contribution in [0.1, 0.15) is 12.0 Å². The van der Waals surface area contributed by atoms with Crippen molar-refractivity contribution in [3.05, 3.63) is 28.8 Å². The van der Waals surface area contributed by atoms with Gasteiger partial charge in [0, 0.05) is 44.0 Å². The molecule has 1 aromatic rings. The molecule has 1 fully saturated rings. The smallest absolute Gasteiger partial charge is 0.314 e. The number of nitrogens with one attached hydrogen (secondary N) is 2. The lowest BCUT2D eigenvalue weighted by atomic mass is 10.1. The maximum Gasteiger partial charge on any atom is 0.314 e. The number of benzene rings is 1. The van der Waals surface area contributed by atoms with Gasteiger partial charge in [-0.25, -0.2) is 4.79 Å². The fourth-order valence-electron chi connectivity index (χ4n) is 2.71. The average Bonchev–Trinajstić information content (AvgIpc) is 2.97. The molecule has 122 valence electrons. The van der Waals surface area contributed by atoms with Crippen molar-refractivity contribution >= 4 is 23.3 Å². The van der Waals surface area contributed by atoms with Gasteiger partial charge in [-0.15, -0.1) is 0 Å². The van der Waals surface area contributed by atoms with Crippen LogP contribution in [0.2, 0.25) is 5.02 Å². The molecule has 1 aliphatic rings. The van der Waals surface area contributed by atoms with Crippen LogP contribution in [0.25, 0.3) is 0 Å². The molecule has 1 heterocycles. The van der Waals surface area contributed by atoms with Gasteiger partial charge >= 0.3 is 6.03 Å². The van der Waals surface area contributed by atoms with Gasteiger partial charge in [-0.3, -0.25) is 0 Å². The number of ether oxygens (including phenoxy) is 1. The summed E-state index contributed by atoms with van der Waals surface area (Å²) in [5, 5.41) is 6.45. The van der Waals surface area contributed by atoms with Crippen molar-refractivity contribution < 1.29 is 9.53 Å². The number of aryl methyl sites for hydroxylation is 1. The molecule has 0 unspecified atom stereocenters. The molecular weight excluding hydrogens is 302 g/mol. The van der Waals surface area contributed by atoms with Crippen molar-refractivity contribution in [1.29, 1.82) is 0 Å². The maximum atomic E-state index is 11.6. The number of nitrogens with zero attached hydrogens (tertiary/aromatic N) is 1. The lowest BCUT2D eigenvalue weighted by Crippen LogP contribution is -2.40. The van der Waals surface area contributed by atoms with E-state index in [0.717, 1.165) is 24.5 Å². The zero-order valence-corrected chi connectivity index (χ0v) is 13.9. The Morgan fingerprint density at radius 3 is 3.05 bits per heavy atom. The maximum absolute atomic E-state index is 11.6. The second-order valence-electron chi connectivity index (χ2n) is 5.66. The van der Waals surface area contributed by atoms with Crippen LogP contribution in [0.15, 0.2) is 18.2 Å². The summed E-state index contributed by atoms with van der Waals surface area (Å²) >= 11 is 6.09. The van der Waals surface area contributed by atoms with Gasteiger partial charge in [-0.1, -0.05) is 17.7 Å². The van der Waals surface area contributed by atoms with Gasteiger partial charge in [0.2, 0.25) is 0 Å². The molecule has 1 aliphatic heterocycles. The number of halogens is 1. The molecular formula is C16H24ClN3O2. The Labute approximate surface area is 137 Å². The number of anilines is 1. The van der Waals surface area contributed by atoms with E-state index in [9.17, 15) is 4.79 Å². The summed E-state index contributed by atoms with van der Waals surface area (Å²) in [7, 11) is 1.62. The molecule has 0 radical (unpaired) electrons. The third-order valence-electron chi connectivity index (χ3n) is 3.94. The number of carbonyl (C=O) groups excluding carboxylic acids is 1. The fourth-order valence-corrected chi connectivity index (χ4v) is 2.87. The molecule has 0 bridgehead atoms. The van der Waals surface area contributed by atoms with Gasteiger partial charge < -0.3 is 20.3 Å². The first-order valence-corrected chi connectivity index (χ1v) is 7.99. The van der Waals surface area contributed by atoms with Gasteiger partial charge in [0.1, 0.15) is 0 Å². The SMILES string of the molecule is COCCNC(=O)NC[C@@H]1CCN(c2cc(Cl)ccc2C)C1. The summed E-state index contributed by atoms with van der Waals surface area (Å²) in [5.74, 6) is 0.464. The first-order valence-electron chi connectivity index (χ1n) is 7.62. The van der Waals surface area contributed by atoms with Gasteiger partial charge in [-0.2, -0.15) is 0 Å². The van der Waals surface area contributed by atoms with Crippen LogP contribution in [-0.4, -0.2) is 45.9 Å². The van der Waals surface area contributed by atoms with Gasteiger partial charge in [0.15, 0.2) is 0 Å². The number of amides is 2. The lowest BCUT2D eigenvalue weighted by molar-refractivity contribution is 0.195. The van der Waals surface area contributed by atoms with Crippen molar-refractivity contribution in [2.45, 2.75) is 13.3 Å². The number of hydrogen-bond donors (Lipinski definition) is 2. The largest absolute Gasteiger partial charge is 0.383 e. The lowest BCUT2D eigenvalue weighted by Gasteiger charge is -2.21. The summed E-state index contributed by atoms with van der Waals surface area (Å²) < 4.78 is 4.89. The van der Waals surface area contributed by atoms with Crippen LogP contribution in [-0.2, 0) is 4.74 Å². The number of urea groups is 1. The van der Waals surface area contributed by atoms with E-state index in [0.29, 0.717) is 25.6 Å². The van der Waals surface area contributed by atoms with E-state index in [1.165, 1.54) is 11.3 Å². The number of hydrogen-bond acceptors (Lipinski definition) is 3. The third kappa shape index (κ3) is 4.78. The monoisotopic (exact) mass is 325 g/mol. The zero-order valence-electron chi connectivity index (χ0n) is 13.2. The molecule has 22 heavy (non-hydrogen) atoms. The predicted octanol–water partition coefficient (Wildman–Crippen LogP) is 2.42. The molecule has 5 nitrogen and oxygen atoms in total. The quantitative estimate of drug-likeness (QED) is 0.790. The second kappa shape index (κ2) is 8.25. The van der Waals surface area contributed by atoms with E-state index in [4.69, 9.17) is 16.3 Å². The molecule has 1 saturated heterocycles. The van der Waals surface area contributed by atoms with E-state index >= 15 is 0 Å². The highest BCUT2D eigenvalue weighted by atomic mass is 35.5. The van der Waals surface area contributed by atoms with E-state index < -0.39 is 0 Å². The zero-order chi connectivity index (χ0) is 15.9. The summed E-state index contributed by atoms with van der Waals surface area (Å²) in [5.41, 5.74) is 2.43. The first kappa shape index (κ1) is 16.9. The van der Waals surface area contributed by atoms with E-state index in [-0.39, 0.29) is 6.03 Å². The highest BCUT2D eigenvalue weighted by molar-refractivity contribution is 6.30. The Morgan fingerprint density at radius 2 is 2.27 bits per heavy atom. The standard InChI is InChI=1S/C16H24ClN3O2/c1-12-3-4-14(17)9-15(12)20-7-5-13(11-20)10-19-16(21)18-6-8-22-2/h3-4,9,13H,5-8,10-11H2,1-2H3,(H2,18,19,21)/t13-/m0/s1. The Bertz CT molecular complexity index is 510. The van der Waals surface area contributed by atoms with Gasteiger partial charge in [0.25, 0.3) is 0 Å². The van der Waals surface area contributed by atoms with Crippen LogP contribution in [0.4, 0.5) is 10.5 Å². The molecule has 2 N–H and O–H groups in total. The highest BCUT2D eigenvalue weighted by Gasteiger charge is 2.24.